The molecule has 1 saturated carbocycles. The van der Waals surface area contributed by atoms with Crippen molar-refractivity contribution < 1.29 is 13.9 Å². The first-order valence-electron chi connectivity index (χ1n) is 14.0. The monoisotopic (exact) mass is 534 g/mol. The zero-order chi connectivity index (χ0) is 26.9. The summed E-state index contributed by atoms with van der Waals surface area (Å²) in [5, 5.41) is 3.57. The van der Waals surface area contributed by atoms with E-state index >= 15 is 0 Å². The molecule has 39 heavy (non-hydrogen) atoms. The average molecular weight is 535 g/mol. The number of aromatic nitrogens is 3. The van der Waals surface area contributed by atoms with E-state index in [2.05, 4.69) is 20.2 Å². The van der Waals surface area contributed by atoms with Crippen LogP contribution in [-0.4, -0.2) is 77.2 Å². The van der Waals surface area contributed by atoms with Crippen molar-refractivity contribution in [1.29, 1.82) is 0 Å². The first-order valence-corrected chi connectivity index (χ1v) is 14.0. The van der Waals surface area contributed by atoms with Crippen LogP contribution >= 0.6 is 0 Å². The number of aryl methyl sites for hydroxylation is 1. The van der Waals surface area contributed by atoms with Gasteiger partial charge in [0.05, 0.1) is 16.6 Å². The third-order valence-corrected chi connectivity index (χ3v) is 8.46. The molecule has 2 aliphatic heterocycles. The third kappa shape index (κ3) is 5.53. The Balaban J connectivity index is 1.05. The van der Waals surface area contributed by atoms with Gasteiger partial charge in [0.15, 0.2) is 0 Å². The topological polar surface area (TPSA) is 103 Å². The highest BCUT2D eigenvalue weighted by Gasteiger charge is 2.33. The van der Waals surface area contributed by atoms with Crippen molar-refractivity contribution in [3.63, 3.8) is 0 Å². The minimum Gasteiger partial charge on any atom is -0.381 e. The Bertz CT molecular complexity index is 1410. The lowest BCUT2D eigenvalue weighted by atomic mass is 10.1. The Hall–Kier alpha value is -3.37. The Morgan fingerprint density at radius 1 is 1.05 bits per heavy atom. The molecule has 1 amide bonds. The number of rotatable bonds is 5. The summed E-state index contributed by atoms with van der Waals surface area (Å²) >= 11 is 0. The maximum absolute atomic E-state index is 15.0. The predicted octanol–water partition coefficient (Wildman–Crippen LogP) is 3.13. The molecule has 3 aliphatic rings. The Morgan fingerprint density at radius 3 is 2.62 bits per heavy atom. The van der Waals surface area contributed by atoms with Gasteiger partial charge in [-0.05, 0) is 63.3 Å². The van der Waals surface area contributed by atoms with E-state index in [1.165, 1.54) is 0 Å². The second-order valence-corrected chi connectivity index (χ2v) is 11.0. The molecule has 2 aromatic heterocycles. The molecule has 1 aromatic carbocycles. The van der Waals surface area contributed by atoms with E-state index in [4.69, 9.17) is 9.72 Å². The summed E-state index contributed by atoms with van der Waals surface area (Å²) in [6.07, 6.45) is 4.50. The van der Waals surface area contributed by atoms with E-state index in [1.807, 2.05) is 30.0 Å². The van der Waals surface area contributed by atoms with Crippen molar-refractivity contribution >= 4 is 22.5 Å². The summed E-state index contributed by atoms with van der Waals surface area (Å²) in [6.45, 7) is 6.25. The molecule has 6 rings (SSSR count). The summed E-state index contributed by atoms with van der Waals surface area (Å²) in [4.78, 5) is 41.5. The molecular formula is C29H35FN6O3. The maximum Gasteiger partial charge on any atom is 0.270 e. The van der Waals surface area contributed by atoms with E-state index in [0.29, 0.717) is 43.4 Å². The van der Waals surface area contributed by atoms with Crippen molar-refractivity contribution in [3.05, 3.63) is 63.7 Å². The van der Waals surface area contributed by atoms with Gasteiger partial charge in [-0.15, -0.1) is 0 Å². The van der Waals surface area contributed by atoms with Crippen LogP contribution < -0.4 is 15.8 Å². The van der Waals surface area contributed by atoms with Gasteiger partial charge in [-0.3, -0.25) is 14.5 Å². The number of halogens is 1. The number of nitrogens with one attached hydrogen (secondary N) is 2. The fourth-order valence-corrected chi connectivity index (χ4v) is 6.22. The number of fused-ring (bicyclic) bond motifs is 1. The zero-order valence-corrected chi connectivity index (χ0v) is 22.3. The molecule has 206 valence electrons. The molecule has 9 nitrogen and oxygen atoms in total. The molecule has 3 aromatic rings. The van der Waals surface area contributed by atoms with Gasteiger partial charge in [-0.2, -0.15) is 4.39 Å². The van der Waals surface area contributed by atoms with Crippen LogP contribution in [0, 0.1) is 12.9 Å². The summed E-state index contributed by atoms with van der Waals surface area (Å²) in [5.74, 6) is 0.0651. The van der Waals surface area contributed by atoms with Gasteiger partial charge in [0.2, 0.25) is 5.95 Å². The quantitative estimate of drug-likeness (QED) is 0.485. The number of benzene rings is 1. The van der Waals surface area contributed by atoms with Gasteiger partial charge in [0.1, 0.15) is 11.5 Å². The van der Waals surface area contributed by atoms with Crippen LogP contribution in [0.25, 0.3) is 10.9 Å². The molecule has 4 heterocycles. The van der Waals surface area contributed by atoms with Crippen LogP contribution in [0.4, 0.5) is 10.1 Å². The third-order valence-electron chi connectivity index (χ3n) is 8.46. The van der Waals surface area contributed by atoms with Crippen molar-refractivity contribution in [2.75, 3.05) is 44.3 Å². The second-order valence-electron chi connectivity index (χ2n) is 11.0. The van der Waals surface area contributed by atoms with E-state index < -0.39 is 5.95 Å². The van der Waals surface area contributed by atoms with Crippen LogP contribution in [0.5, 0.6) is 0 Å². The van der Waals surface area contributed by atoms with Crippen LogP contribution in [0.2, 0.25) is 0 Å². The van der Waals surface area contributed by atoms with Gasteiger partial charge < -0.3 is 19.9 Å². The van der Waals surface area contributed by atoms with Crippen LogP contribution in [0.3, 0.4) is 0 Å². The van der Waals surface area contributed by atoms with Crippen LogP contribution in [-0.2, 0) is 4.74 Å². The summed E-state index contributed by atoms with van der Waals surface area (Å²) < 4.78 is 20.3. The van der Waals surface area contributed by atoms with Gasteiger partial charge in [-0.25, -0.2) is 9.97 Å². The molecule has 0 bridgehead atoms. The SMILES string of the molecule is Cc1ccc2nc(C3CCC(N4CCN(c5ccc(C(=O)NC6CCOCC6)nc5F)CC4)C3)[nH]c(=O)c2c1. The van der Waals surface area contributed by atoms with Crippen LogP contribution in [0.1, 0.15) is 59.9 Å². The standard InChI is InChI=1S/C29H35FN6O3/c1-18-2-5-23-22(16-18)28(37)34-27(33-23)19-3-4-21(17-19)35-10-12-36(13-11-35)25-7-6-24(32-26(25)30)29(38)31-20-8-14-39-15-9-20/h2,5-7,16,19-21H,3-4,8-15,17H2,1H3,(H,31,38)(H,33,34,37). The number of hydrogen-bond donors (Lipinski definition) is 2. The summed E-state index contributed by atoms with van der Waals surface area (Å²) in [7, 11) is 0. The number of hydrogen-bond acceptors (Lipinski definition) is 7. The first kappa shape index (κ1) is 25.9. The molecule has 1 aliphatic carbocycles. The fourth-order valence-electron chi connectivity index (χ4n) is 6.22. The van der Waals surface area contributed by atoms with Crippen molar-refractivity contribution in [3.8, 4) is 0 Å². The largest absolute Gasteiger partial charge is 0.381 e. The molecule has 2 saturated heterocycles. The molecule has 3 fully saturated rings. The number of ether oxygens (including phenoxy) is 1. The van der Waals surface area contributed by atoms with Gasteiger partial charge >= 0.3 is 0 Å². The number of aromatic amines is 1. The first-order chi connectivity index (χ1) is 18.9. The summed E-state index contributed by atoms with van der Waals surface area (Å²) in [6, 6.07) is 9.54. The number of carbonyl (C=O) groups excluding carboxylic acids is 1. The zero-order valence-electron chi connectivity index (χ0n) is 22.3. The number of anilines is 1. The molecule has 2 atom stereocenters. The van der Waals surface area contributed by atoms with Crippen LogP contribution in [0.15, 0.2) is 35.1 Å². The fraction of sp³-hybridized carbons (Fsp3) is 0.517. The molecule has 2 unspecified atom stereocenters. The average Bonchev–Trinajstić information content (AvgIpc) is 3.44. The number of amides is 1. The number of H-pyrrole nitrogens is 1. The number of carbonyl (C=O) groups is 1. The Labute approximate surface area is 226 Å². The minimum atomic E-state index is -0.606. The van der Waals surface area contributed by atoms with E-state index in [1.54, 1.807) is 12.1 Å². The molecule has 2 N–H and O–H groups in total. The van der Waals surface area contributed by atoms with Crippen molar-refractivity contribution in [1.82, 2.24) is 25.2 Å². The normalized spacial score (nSPS) is 22.9. The molecule has 0 spiro atoms. The van der Waals surface area contributed by atoms with Gasteiger partial charge in [0, 0.05) is 57.4 Å². The second kappa shape index (κ2) is 11.0. The molecular weight excluding hydrogens is 499 g/mol. The van der Waals surface area contributed by atoms with E-state index in [-0.39, 0.29) is 29.1 Å². The molecule has 0 radical (unpaired) electrons. The Kier molecular flexibility index (Phi) is 7.31. The lowest BCUT2D eigenvalue weighted by Gasteiger charge is -2.39. The van der Waals surface area contributed by atoms with E-state index in [0.717, 1.165) is 62.1 Å². The maximum atomic E-state index is 15.0. The van der Waals surface area contributed by atoms with Crippen molar-refractivity contribution in [2.24, 2.45) is 0 Å². The predicted molar refractivity (Wildman–Crippen MR) is 147 cm³/mol. The highest BCUT2D eigenvalue weighted by Crippen LogP contribution is 2.36. The lowest BCUT2D eigenvalue weighted by molar-refractivity contribution is 0.0693. The van der Waals surface area contributed by atoms with Crippen molar-refractivity contribution in [2.45, 2.75) is 57.0 Å². The summed E-state index contributed by atoms with van der Waals surface area (Å²) in [5.41, 5.74) is 2.27. The number of pyridine rings is 1. The highest BCUT2D eigenvalue weighted by atomic mass is 19.1. The lowest BCUT2D eigenvalue weighted by Crippen LogP contribution is -2.50. The Morgan fingerprint density at radius 2 is 1.85 bits per heavy atom. The van der Waals surface area contributed by atoms with Gasteiger partial charge in [0.25, 0.3) is 11.5 Å². The number of piperazine rings is 1. The van der Waals surface area contributed by atoms with E-state index in [9.17, 15) is 14.0 Å². The molecule has 10 heteroatoms. The number of nitrogens with zero attached hydrogens (tertiary/aromatic N) is 4. The van der Waals surface area contributed by atoms with Gasteiger partial charge in [-0.1, -0.05) is 11.6 Å². The smallest absolute Gasteiger partial charge is 0.270 e. The minimum absolute atomic E-state index is 0.0422. The highest BCUT2D eigenvalue weighted by molar-refractivity contribution is 5.92.